The number of fused-ring (bicyclic) bond motifs is 1. The van der Waals surface area contributed by atoms with Crippen molar-refractivity contribution in [2.75, 3.05) is 16.5 Å². The van der Waals surface area contributed by atoms with Gasteiger partial charge in [0, 0.05) is 26.1 Å². The smallest absolute Gasteiger partial charge is 0.416 e. The van der Waals surface area contributed by atoms with Crippen LogP contribution in [-0.2, 0) is 40.0 Å². The zero-order valence-electron chi connectivity index (χ0n) is 22.5. The van der Waals surface area contributed by atoms with Crippen molar-refractivity contribution in [3.05, 3.63) is 77.1 Å². The van der Waals surface area contributed by atoms with Crippen molar-refractivity contribution in [2.24, 2.45) is 0 Å². The number of anilines is 2. The van der Waals surface area contributed by atoms with Gasteiger partial charge in [-0.05, 0) is 65.0 Å². The van der Waals surface area contributed by atoms with Gasteiger partial charge in [-0.2, -0.15) is 22.0 Å². The molecular formula is C28H26F5N5O3S. The van der Waals surface area contributed by atoms with Crippen LogP contribution >= 0.6 is 0 Å². The highest BCUT2D eigenvalue weighted by atomic mass is 32.2. The number of carbonyl (C=O) groups is 2. The number of amides is 2. The number of nitrogens with one attached hydrogen (secondary N) is 1. The van der Waals surface area contributed by atoms with E-state index in [1.165, 1.54) is 49.0 Å². The summed E-state index contributed by atoms with van der Waals surface area (Å²) in [4.78, 5) is 37.7. The fourth-order valence-electron chi connectivity index (χ4n) is 4.82. The van der Waals surface area contributed by atoms with Crippen molar-refractivity contribution >= 4 is 34.6 Å². The first-order valence-electron chi connectivity index (χ1n) is 12.9. The first-order valence-corrected chi connectivity index (χ1v) is 14.5. The molecule has 1 saturated carbocycles. The van der Waals surface area contributed by atoms with Gasteiger partial charge in [0.25, 0.3) is 11.8 Å². The number of rotatable bonds is 8. The molecule has 1 N–H and O–H groups in total. The van der Waals surface area contributed by atoms with E-state index in [0.717, 1.165) is 29.9 Å². The molecule has 2 unspecified atom stereocenters. The molecule has 3 aromatic rings. The third-order valence-electron chi connectivity index (χ3n) is 7.06. The maximum atomic E-state index is 14.0. The summed E-state index contributed by atoms with van der Waals surface area (Å²) in [6.07, 6.45) is 1.43. The molecule has 14 heteroatoms. The Morgan fingerprint density at radius 3 is 2.26 bits per heavy atom. The molecule has 1 fully saturated rings. The van der Waals surface area contributed by atoms with Crippen molar-refractivity contribution in [1.29, 1.82) is 0 Å². The zero-order valence-corrected chi connectivity index (χ0v) is 23.3. The summed E-state index contributed by atoms with van der Waals surface area (Å²) in [6, 6.07) is 8.16. The van der Waals surface area contributed by atoms with Crippen LogP contribution in [0.5, 0.6) is 0 Å². The second kappa shape index (κ2) is 11.1. The lowest BCUT2D eigenvalue weighted by molar-refractivity contribution is -0.159. The van der Waals surface area contributed by atoms with E-state index in [2.05, 4.69) is 15.3 Å². The highest BCUT2D eigenvalue weighted by Crippen LogP contribution is 2.38. The van der Waals surface area contributed by atoms with Crippen LogP contribution in [0.25, 0.3) is 0 Å². The van der Waals surface area contributed by atoms with Crippen LogP contribution in [0, 0.1) is 0 Å². The van der Waals surface area contributed by atoms with Crippen molar-refractivity contribution < 1.29 is 36.1 Å². The largest absolute Gasteiger partial charge is 0.612 e. The third kappa shape index (κ3) is 6.33. The molecule has 0 spiro atoms. The molecule has 8 nitrogen and oxygen atoms in total. The first kappa shape index (κ1) is 29.7. The Morgan fingerprint density at radius 1 is 1.07 bits per heavy atom. The molecule has 0 radical (unpaired) electrons. The molecule has 2 amide bonds. The average molecular weight is 608 g/mol. The van der Waals surface area contributed by atoms with E-state index in [1.54, 1.807) is 0 Å². The van der Waals surface area contributed by atoms with Gasteiger partial charge in [0.2, 0.25) is 5.95 Å². The molecule has 1 aliphatic heterocycles. The van der Waals surface area contributed by atoms with Gasteiger partial charge in [0.1, 0.15) is 12.3 Å². The predicted octanol–water partition coefficient (Wildman–Crippen LogP) is 5.08. The summed E-state index contributed by atoms with van der Waals surface area (Å²) in [5.74, 6) is -5.69. The number of hydrogen-bond acceptors (Lipinski definition) is 6. The van der Waals surface area contributed by atoms with Gasteiger partial charge in [-0.3, -0.25) is 9.59 Å². The van der Waals surface area contributed by atoms with Crippen molar-refractivity contribution in [3.63, 3.8) is 0 Å². The monoisotopic (exact) mass is 607 g/mol. The van der Waals surface area contributed by atoms with Crippen LogP contribution in [-0.4, -0.2) is 49.5 Å². The number of benzene rings is 2. The Balaban J connectivity index is 1.34. The van der Waals surface area contributed by atoms with E-state index >= 15 is 0 Å². The van der Waals surface area contributed by atoms with Gasteiger partial charge in [0.15, 0.2) is 4.90 Å². The van der Waals surface area contributed by atoms with Crippen molar-refractivity contribution in [1.82, 2.24) is 14.9 Å². The lowest BCUT2D eigenvalue weighted by Crippen LogP contribution is -2.44. The number of carbonyl (C=O) groups excluding carboxylic acids is 2. The van der Waals surface area contributed by atoms with Gasteiger partial charge in [-0.1, -0.05) is 18.2 Å². The number of alkyl halides is 5. The standard InChI is InChI=1S/C28H26F5N5O3S/c1-27(29,30)25(40)38-15-17-11-21(42(2)41)9-10-22(17)23(38)24(39)36-19-12-34-26(35-13-19)37(20-7-8-20)14-16-3-5-18(6-4-16)28(31,32)33/h3-6,9-13,20,23H,7-8,14-15H2,1-2H3,(H,36,39). The molecule has 2 heterocycles. The number of halogens is 5. The van der Waals surface area contributed by atoms with Gasteiger partial charge in [-0.15, -0.1) is 0 Å². The summed E-state index contributed by atoms with van der Waals surface area (Å²) in [7, 11) is 0. The minimum Gasteiger partial charge on any atom is -0.612 e. The summed E-state index contributed by atoms with van der Waals surface area (Å²) in [5, 5.41) is 2.59. The molecule has 1 aliphatic carbocycles. The van der Waals surface area contributed by atoms with Crippen LogP contribution in [0.4, 0.5) is 33.6 Å². The van der Waals surface area contributed by atoms with Crippen LogP contribution < -0.4 is 10.2 Å². The minimum absolute atomic E-state index is 0.111. The summed E-state index contributed by atoms with van der Waals surface area (Å²) in [5.41, 5.74) is 0.838. The van der Waals surface area contributed by atoms with E-state index in [0.29, 0.717) is 34.5 Å². The Morgan fingerprint density at radius 2 is 1.71 bits per heavy atom. The summed E-state index contributed by atoms with van der Waals surface area (Å²) < 4.78 is 78.7. The molecule has 2 atom stereocenters. The second-order valence-electron chi connectivity index (χ2n) is 10.4. The number of hydrogen-bond donors (Lipinski definition) is 1. The fourth-order valence-corrected chi connectivity index (χ4v) is 5.39. The SMILES string of the molecule is C[S+]([O-])c1ccc2c(c1)CN(C(=O)C(C)(F)F)C2C(=O)Nc1cnc(N(Cc2ccc(C(F)(F)F)cc2)C2CC2)nc1. The first-order chi connectivity index (χ1) is 19.7. The Hall–Kier alpha value is -3.78. The van der Waals surface area contributed by atoms with Crippen LogP contribution in [0.3, 0.4) is 0 Å². The maximum absolute atomic E-state index is 14.0. The predicted molar refractivity (Wildman–Crippen MR) is 144 cm³/mol. The Labute approximate surface area is 241 Å². The normalized spacial score (nSPS) is 17.5. The zero-order chi connectivity index (χ0) is 30.4. The molecular weight excluding hydrogens is 581 g/mol. The van der Waals surface area contributed by atoms with E-state index in [1.807, 2.05) is 4.90 Å². The highest BCUT2D eigenvalue weighted by Gasteiger charge is 2.46. The topological polar surface area (TPSA) is 101 Å². The highest BCUT2D eigenvalue weighted by molar-refractivity contribution is 7.90. The van der Waals surface area contributed by atoms with E-state index < -0.39 is 46.7 Å². The Bertz CT molecular complexity index is 1480. The minimum atomic E-state index is -4.43. The lowest BCUT2D eigenvalue weighted by atomic mass is 10.0. The summed E-state index contributed by atoms with van der Waals surface area (Å²) >= 11 is -1.35. The Kier molecular flexibility index (Phi) is 7.88. The van der Waals surface area contributed by atoms with Crippen molar-refractivity contribution in [3.8, 4) is 0 Å². The van der Waals surface area contributed by atoms with Gasteiger partial charge < -0.3 is 19.7 Å². The van der Waals surface area contributed by atoms with Crippen molar-refractivity contribution in [2.45, 2.75) is 61.9 Å². The quantitative estimate of drug-likeness (QED) is 0.283. The molecule has 0 saturated heterocycles. The number of aromatic nitrogens is 2. The molecule has 1 aromatic heterocycles. The molecule has 2 aromatic carbocycles. The van der Waals surface area contributed by atoms with Gasteiger partial charge in [0.05, 0.1) is 23.6 Å². The second-order valence-corrected chi connectivity index (χ2v) is 11.7. The molecule has 222 valence electrons. The van der Waals surface area contributed by atoms with E-state index in [4.69, 9.17) is 0 Å². The summed E-state index contributed by atoms with van der Waals surface area (Å²) in [6.45, 7) is 0.485. The molecule has 42 heavy (non-hydrogen) atoms. The maximum Gasteiger partial charge on any atom is 0.416 e. The van der Waals surface area contributed by atoms with Crippen LogP contribution in [0.1, 0.15) is 48.1 Å². The lowest BCUT2D eigenvalue weighted by Gasteiger charge is -2.27. The fraction of sp³-hybridized carbons (Fsp3) is 0.357. The third-order valence-corrected chi connectivity index (χ3v) is 7.98. The van der Waals surface area contributed by atoms with Gasteiger partial charge >= 0.3 is 12.1 Å². The van der Waals surface area contributed by atoms with E-state index in [9.17, 15) is 36.1 Å². The number of nitrogens with zero attached hydrogens (tertiary/aromatic N) is 4. The molecule has 5 rings (SSSR count). The average Bonchev–Trinajstić information content (AvgIpc) is 3.70. The molecule has 2 aliphatic rings. The molecule has 0 bridgehead atoms. The van der Waals surface area contributed by atoms with Crippen LogP contribution in [0.15, 0.2) is 59.8 Å². The van der Waals surface area contributed by atoms with Crippen LogP contribution in [0.2, 0.25) is 0 Å². The van der Waals surface area contributed by atoms with E-state index in [-0.39, 0.29) is 24.8 Å². The van der Waals surface area contributed by atoms with Gasteiger partial charge in [-0.25, -0.2) is 9.97 Å².